The summed E-state index contributed by atoms with van der Waals surface area (Å²) in [7, 11) is 0.871. The molecule has 2 nitrogen and oxygen atoms in total. The predicted molar refractivity (Wildman–Crippen MR) is 49.8 cm³/mol. The second-order valence-corrected chi connectivity index (χ2v) is 5.74. The molecule has 0 aliphatic carbocycles. The lowest BCUT2D eigenvalue weighted by molar-refractivity contribution is 0.559. The zero-order valence-electron chi connectivity index (χ0n) is 6.60. The molecule has 1 aromatic rings. The standard InChI is InChI=1S/C7H4Cl2F2O2S/c8-4-1-6(10)5(7(11)2-4)3-14(9,12)13/h1-2H,3H2. The molecule has 7 heteroatoms. The SMILES string of the molecule is O=S(=O)(Cl)Cc1c(F)cc(Cl)cc1F. The van der Waals surface area contributed by atoms with Gasteiger partial charge in [-0.15, -0.1) is 0 Å². The molecular formula is C7H4Cl2F2O2S. The summed E-state index contributed by atoms with van der Waals surface area (Å²) in [5.74, 6) is -2.96. The molecule has 0 N–H and O–H groups in total. The van der Waals surface area contributed by atoms with Gasteiger partial charge in [0, 0.05) is 21.3 Å². The lowest BCUT2D eigenvalue weighted by Gasteiger charge is -2.02. The Morgan fingerprint density at radius 3 is 2.00 bits per heavy atom. The van der Waals surface area contributed by atoms with Gasteiger partial charge < -0.3 is 0 Å². The Morgan fingerprint density at radius 1 is 1.21 bits per heavy atom. The summed E-state index contributed by atoms with van der Waals surface area (Å²) < 4.78 is 47.2. The van der Waals surface area contributed by atoms with Crippen molar-refractivity contribution in [3.8, 4) is 0 Å². The first-order valence-electron chi connectivity index (χ1n) is 3.35. The third-order valence-electron chi connectivity index (χ3n) is 1.42. The molecule has 0 bridgehead atoms. The topological polar surface area (TPSA) is 34.1 Å². The van der Waals surface area contributed by atoms with Gasteiger partial charge in [0.2, 0.25) is 9.05 Å². The maximum atomic E-state index is 13.0. The smallest absolute Gasteiger partial charge is 0.212 e. The lowest BCUT2D eigenvalue weighted by Crippen LogP contribution is -2.01. The zero-order valence-corrected chi connectivity index (χ0v) is 8.93. The highest BCUT2D eigenvalue weighted by molar-refractivity contribution is 8.13. The van der Waals surface area contributed by atoms with E-state index in [2.05, 4.69) is 0 Å². The zero-order chi connectivity index (χ0) is 10.9. The summed E-state index contributed by atoms with van der Waals surface area (Å²) >= 11 is 5.33. The van der Waals surface area contributed by atoms with Crippen molar-refractivity contribution in [2.24, 2.45) is 0 Å². The van der Waals surface area contributed by atoms with Crippen molar-refractivity contribution in [2.75, 3.05) is 0 Å². The van der Waals surface area contributed by atoms with Crippen LogP contribution in [0.1, 0.15) is 5.56 Å². The first-order valence-corrected chi connectivity index (χ1v) is 6.21. The van der Waals surface area contributed by atoms with E-state index in [0.29, 0.717) is 0 Å². The van der Waals surface area contributed by atoms with Gasteiger partial charge in [-0.2, -0.15) is 0 Å². The molecule has 1 aromatic carbocycles. The van der Waals surface area contributed by atoms with Gasteiger partial charge in [0.05, 0.1) is 5.75 Å². The fourth-order valence-corrected chi connectivity index (χ4v) is 2.02. The Kier molecular flexibility index (Phi) is 3.34. The van der Waals surface area contributed by atoms with Crippen molar-refractivity contribution >= 4 is 31.3 Å². The molecule has 0 saturated heterocycles. The van der Waals surface area contributed by atoms with E-state index in [4.69, 9.17) is 22.3 Å². The third-order valence-corrected chi connectivity index (χ3v) is 2.60. The first kappa shape index (κ1) is 11.7. The highest BCUT2D eigenvalue weighted by atomic mass is 35.7. The summed E-state index contributed by atoms with van der Waals surface area (Å²) in [5, 5.41) is -0.143. The first-order chi connectivity index (χ1) is 6.29. The van der Waals surface area contributed by atoms with Crippen LogP contribution in [0.5, 0.6) is 0 Å². The Balaban J connectivity index is 3.22. The van der Waals surface area contributed by atoms with Crippen LogP contribution in [-0.4, -0.2) is 8.42 Å². The van der Waals surface area contributed by atoms with Crippen LogP contribution in [0.3, 0.4) is 0 Å². The van der Waals surface area contributed by atoms with Crippen molar-refractivity contribution in [3.05, 3.63) is 34.4 Å². The highest BCUT2D eigenvalue weighted by Crippen LogP contribution is 2.21. The van der Waals surface area contributed by atoms with Crippen molar-refractivity contribution in [1.29, 1.82) is 0 Å². The molecule has 0 aromatic heterocycles. The second kappa shape index (κ2) is 4.00. The minimum atomic E-state index is -3.99. The Bertz CT molecular complexity index is 436. The molecule has 0 radical (unpaired) electrons. The molecule has 0 aliphatic rings. The molecule has 1 rings (SSSR count). The van der Waals surface area contributed by atoms with Crippen LogP contribution in [0.2, 0.25) is 5.02 Å². The summed E-state index contributed by atoms with van der Waals surface area (Å²) in [6.07, 6.45) is 0. The summed E-state index contributed by atoms with van der Waals surface area (Å²) in [5.41, 5.74) is -0.607. The van der Waals surface area contributed by atoms with Crippen LogP contribution in [0.4, 0.5) is 8.78 Å². The molecule has 14 heavy (non-hydrogen) atoms. The van der Waals surface area contributed by atoms with E-state index in [-0.39, 0.29) is 5.02 Å². The lowest BCUT2D eigenvalue weighted by atomic mass is 10.2. The number of benzene rings is 1. The Morgan fingerprint density at radius 2 is 1.64 bits per heavy atom. The Hall–Kier alpha value is -0.390. The van der Waals surface area contributed by atoms with E-state index >= 15 is 0 Å². The Labute approximate surface area is 88.9 Å². The van der Waals surface area contributed by atoms with Crippen molar-refractivity contribution in [1.82, 2.24) is 0 Å². The van der Waals surface area contributed by atoms with Crippen LogP contribution < -0.4 is 0 Å². The van der Waals surface area contributed by atoms with Crippen LogP contribution in [0.15, 0.2) is 12.1 Å². The molecule has 0 heterocycles. The van der Waals surface area contributed by atoms with E-state index in [1.807, 2.05) is 0 Å². The molecule has 0 saturated carbocycles. The van der Waals surface area contributed by atoms with Gasteiger partial charge in [0.15, 0.2) is 0 Å². The normalized spacial score (nSPS) is 11.7. The minimum Gasteiger partial charge on any atom is -0.212 e. The molecule has 0 amide bonds. The molecule has 0 unspecified atom stereocenters. The molecule has 0 fully saturated rings. The third kappa shape index (κ3) is 3.08. The summed E-state index contributed by atoms with van der Waals surface area (Å²) in [4.78, 5) is 0. The van der Waals surface area contributed by atoms with Crippen LogP contribution in [0, 0.1) is 11.6 Å². The van der Waals surface area contributed by atoms with Gasteiger partial charge in [0.1, 0.15) is 11.6 Å². The maximum absolute atomic E-state index is 13.0. The minimum absolute atomic E-state index is 0.143. The average Bonchev–Trinajstić information content (AvgIpc) is 1.95. The van der Waals surface area contributed by atoms with Gasteiger partial charge in [-0.05, 0) is 12.1 Å². The van der Waals surface area contributed by atoms with Crippen LogP contribution >= 0.6 is 22.3 Å². The molecule has 0 spiro atoms. The number of halogens is 4. The monoisotopic (exact) mass is 260 g/mol. The van der Waals surface area contributed by atoms with E-state index < -0.39 is 32.0 Å². The van der Waals surface area contributed by atoms with Gasteiger partial charge in [-0.1, -0.05) is 11.6 Å². The van der Waals surface area contributed by atoms with Crippen LogP contribution in [0.25, 0.3) is 0 Å². The quantitative estimate of drug-likeness (QED) is 0.767. The predicted octanol–water partition coefficient (Wildman–Crippen LogP) is 2.69. The van der Waals surface area contributed by atoms with Crippen molar-refractivity contribution in [2.45, 2.75) is 5.75 Å². The molecule has 0 aliphatic heterocycles. The number of rotatable bonds is 2. The number of hydrogen-bond donors (Lipinski definition) is 0. The fraction of sp³-hybridized carbons (Fsp3) is 0.143. The van der Waals surface area contributed by atoms with Gasteiger partial charge in [0.25, 0.3) is 0 Å². The van der Waals surface area contributed by atoms with E-state index in [9.17, 15) is 17.2 Å². The van der Waals surface area contributed by atoms with Gasteiger partial charge in [-0.3, -0.25) is 0 Å². The maximum Gasteiger partial charge on any atom is 0.236 e. The summed E-state index contributed by atoms with van der Waals surface area (Å²) in [6, 6.07) is 1.64. The van der Waals surface area contributed by atoms with Crippen molar-refractivity contribution < 1.29 is 17.2 Å². The summed E-state index contributed by atoms with van der Waals surface area (Å²) in [6.45, 7) is 0. The van der Waals surface area contributed by atoms with Crippen LogP contribution in [-0.2, 0) is 14.8 Å². The van der Waals surface area contributed by atoms with E-state index in [1.54, 1.807) is 0 Å². The van der Waals surface area contributed by atoms with E-state index in [0.717, 1.165) is 12.1 Å². The molecule has 0 atom stereocenters. The second-order valence-electron chi connectivity index (χ2n) is 2.53. The number of hydrogen-bond acceptors (Lipinski definition) is 2. The molecular weight excluding hydrogens is 257 g/mol. The average molecular weight is 261 g/mol. The van der Waals surface area contributed by atoms with Gasteiger partial charge in [-0.25, -0.2) is 17.2 Å². The largest absolute Gasteiger partial charge is 0.236 e. The van der Waals surface area contributed by atoms with E-state index in [1.165, 1.54) is 0 Å². The van der Waals surface area contributed by atoms with Gasteiger partial charge >= 0.3 is 0 Å². The molecule has 78 valence electrons. The van der Waals surface area contributed by atoms with Crippen molar-refractivity contribution in [3.63, 3.8) is 0 Å². The fourth-order valence-electron chi connectivity index (χ4n) is 0.882. The highest BCUT2D eigenvalue weighted by Gasteiger charge is 2.16.